The van der Waals surface area contributed by atoms with Crippen LogP contribution in [0.2, 0.25) is 0 Å². The third-order valence-corrected chi connectivity index (χ3v) is 11.3. The number of imidazole rings is 1. The van der Waals surface area contributed by atoms with Gasteiger partial charge in [0.1, 0.15) is 5.82 Å². The normalized spacial score (nSPS) is 31.1. The van der Waals surface area contributed by atoms with E-state index in [2.05, 4.69) is 47.2 Å². The second-order valence-electron chi connectivity index (χ2n) is 13.0. The minimum Gasteiger partial charge on any atom is -0.357 e. The standard InChI is InChI=1S/C33H29N5/c1-17-6-7-24-23(10-17)25(30(36-24)33-15-19-11-18-12-20(16-33)32(33,13-18)14-19)31-37-28-21-4-2-8-34-26(21)27-22(29(28)38-31)5-3-9-35-27/h2-10,18-20,36H,11-16H2,1H3,(H,37,38)/t18?,19?,20?,32-,33?/m0/s1. The zero-order valence-electron chi connectivity index (χ0n) is 21.5. The summed E-state index contributed by atoms with van der Waals surface area (Å²) < 4.78 is 0. The van der Waals surface area contributed by atoms with Crippen molar-refractivity contribution >= 4 is 43.7 Å². The van der Waals surface area contributed by atoms with Crippen LogP contribution in [0.25, 0.3) is 55.1 Å². The molecular weight excluding hydrogens is 466 g/mol. The van der Waals surface area contributed by atoms with Gasteiger partial charge in [-0.15, -0.1) is 0 Å². The summed E-state index contributed by atoms with van der Waals surface area (Å²) in [7, 11) is 0. The van der Waals surface area contributed by atoms with Gasteiger partial charge in [0.2, 0.25) is 0 Å². The molecule has 0 aliphatic heterocycles. The molecule has 38 heavy (non-hydrogen) atoms. The van der Waals surface area contributed by atoms with Crippen molar-refractivity contribution in [3.63, 3.8) is 0 Å². The van der Waals surface area contributed by atoms with Gasteiger partial charge in [-0.3, -0.25) is 9.97 Å². The highest BCUT2D eigenvalue weighted by Crippen LogP contribution is 2.81. The molecule has 5 nitrogen and oxygen atoms in total. The molecular formula is C33H29N5. The maximum atomic E-state index is 5.39. The summed E-state index contributed by atoms with van der Waals surface area (Å²) in [4.78, 5) is 22.7. The second kappa shape index (κ2) is 6.45. The number of aryl methyl sites for hydroxylation is 1. The lowest BCUT2D eigenvalue weighted by molar-refractivity contribution is -0.0374. The van der Waals surface area contributed by atoms with Crippen molar-refractivity contribution in [2.75, 3.05) is 0 Å². The number of pyridine rings is 2. The third kappa shape index (κ3) is 2.18. The molecule has 3 bridgehead atoms. The fourth-order valence-corrected chi connectivity index (χ4v) is 10.2. The molecule has 6 aromatic rings. The largest absolute Gasteiger partial charge is 0.357 e. The van der Waals surface area contributed by atoms with Crippen LogP contribution in [0.1, 0.15) is 49.8 Å². The minimum absolute atomic E-state index is 0.266. The Labute approximate surface area is 220 Å². The Bertz CT molecular complexity index is 1920. The van der Waals surface area contributed by atoms with Gasteiger partial charge in [0.25, 0.3) is 0 Å². The van der Waals surface area contributed by atoms with E-state index in [1.54, 1.807) is 0 Å². The Morgan fingerprint density at radius 2 is 1.61 bits per heavy atom. The van der Waals surface area contributed by atoms with Crippen molar-refractivity contribution in [3.8, 4) is 11.4 Å². The molecule has 5 heteroatoms. The highest BCUT2D eigenvalue weighted by molar-refractivity contribution is 6.21. The van der Waals surface area contributed by atoms with Crippen LogP contribution < -0.4 is 0 Å². The van der Waals surface area contributed by atoms with Gasteiger partial charge in [0.05, 0.1) is 22.1 Å². The monoisotopic (exact) mass is 495 g/mol. The zero-order valence-corrected chi connectivity index (χ0v) is 21.5. The Morgan fingerprint density at radius 1 is 0.789 bits per heavy atom. The van der Waals surface area contributed by atoms with Crippen LogP contribution in [-0.4, -0.2) is 24.9 Å². The van der Waals surface area contributed by atoms with Crippen molar-refractivity contribution in [3.05, 3.63) is 66.1 Å². The lowest BCUT2D eigenvalue weighted by Gasteiger charge is -2.59. The lowest BCUT2D eigenvalue weighted by atomic mass is 9.45. The number of rotatable bonds is 2. The van der Waals surface area contributed by atoms with Gasteiger partial charge in [-0.05, 0) is 105 Å². The summed E-state index contributed by atoms with van der Waals surface area (Å²) in [5.74, 6) is 3.75. The average Bonchev–Trinajstić information content (AvgIpc) is 3.62. The number of nitrogens with one attached hydrogen (secondary N) is 2. The van der Waals surface area contributed by atoms with Crippen LogP contribution in [-0.2, 0) is 5.41 Å². The highest BCUT2D eigenvalue weighted by Gasteiger charge is 2.75. The predicted molar refractivity (Wildman–Crippen MR) is 151 cm³/mol. The van der Waals surface area contributed by atoms with Crippen molar-refractivity contribution < 1.29 is 0 Å². The molecule has 4 aromatic heterocycles. The van der Waals surface area contributed by atoms with Crippen LogP contribution in [0.5, 0.6) is 0 Å². The molecule has 4 aliphatic carbocycles. The maximum absolute atomic E-state index is 5.39. The molecule has 0 radical (unpaired) electrons. The first kappa shape index (κ1) is 20.3. The zero-order chi connectivity index (χ0) is 24.8. The number of aromatic amines is 2. The van der Waals surface area contributed by atoms with E-state index in [-0.39, 0.29) is 5.41 Å². The van der Waals surface area contributed by atoms with Crippen LogP contribution in [0, 0.1) is 30.1 Å². The number of nitrogens with zero attached hydrogens (tertiary/aromatic N) is 3. The number of fused-ring (bicyclic) bond motifs is 9. The molecule has 0 amide bonds. The second-order valence-corrected chi connectivity index (χ2v) is 13.0. The Kier molecular flexibility index (Phi) is 3.44. The Hall–Kier alpha value is -3.73. The Balaban J connectivity index is 1.31. The quantitative estimate of drug-likeness (QED) is 0.243. The molecule has 10 rings (SSSR count). The van der Waals surface area contributed by atoms with Gasteiger partial charge >= 0.3 is 0 Å². The number of H-pyrrole nitrogens is 2. The van der Waals surface area contributed by atoms with Crippen molar-refractivity contribution in [2.24, 2.45) is 23.2 Å². The van der Waals surface area contributed by atoms with Crippen molar-refractivity contribution in [2.45, 2.75) is 50.9 Å². The Morgan fingerprint density at radius 3 is 2.50 bits per heavy atom. The highest BCUT2D eigenvalue weighted by atomic mass is 15.0. The maximum Gasteiger partial charge on any atom is 0.141 e. The van der Waals surface area contributed by atoms with Gasteiger partial charge < -0.3 is 9.97 Å². The number of hydrogen-bond donors (Lipinski definition) is 2. The van der Waals surface area contributed by atoms with Crippen LogP contribution >= 0.6 is 0 Å². The molecule has 4 unspecified atom stereocenters. The smallest absolute Gasteiger partial charge is 0.141 e. The van der Waals surface area contributed by atoms with Gasteiger partial charge in [0, 0.05) is 50.7 Å². The summed E-state index contributed by atoms with van der Waals surface area (Å²) in [5.41, 5.74) is 9.97. The molecule has 0 saturated heterocycles. The molecule has 1 spiro atoms. The first-order valence-electron chi connectivity index (χ1n) is 14.3. The molecule has 186 valence electrons. The van der Waals surface area contributed by atoms with Gasteiger partial charge in [-0.25, -0.2) is 4.98 Å². The van der Waals surface area contributed by atoms with Crippen LogP contribution in [0.3, 0.4) is 0 Å². The van der Waals surface area contributed by atoms with Gasteiger partial charge in [-0.2, -0.15) is 0 Å². The molecule has 5 atom stereocenters. The van der Waals surface area contributed by atoms with Crippen molar-refractivity contribution in [1.82, 2.24) is 24.9 Å². The summed E-state index contributed by atoms with van der Waals surface area (Å²) in [6.07, 6.45) is 12.2. The lowest BCUT2D eigenvalue weighted by Crippen LogP contribution is -2.55. The summed E-state index contributed by atoms with van der Waals surface area (Å²) in [5, 5.41) is 3.44. The molecule has 2 N–H and O–H groups in total. The van der Waals surface area contributed by atoms with E-state index >= 15 is 0 Å². The van der Waals surface area contributed by atoms with Crippen LogP contribution in [0.15, 0.2) is 54.9 Å². The van der Waals surface area contributed by atoms with E-state index in [9.17, 15) is 0 Å². The van der Waals surface area contributed by atoms with E-state index in [0.29, 0.717) is 5.41 Å². The fourth-order valence-electron chi connectivity index (χ4n) is 10.2. The van der Waals surface area contributed by atoms with Crippen LogP contribution in [0.4, 0.5) is 0 Å². The summed E-state index contributed by atoms with van der Waals surface area (Å²) in [6.45, 7) is 2.20. The fraction of sp³-hybridized carbons (Fsp3) is 0.364. The predicted octanol–water partition coefficient (Wildman–Crippen LogP) is 7.58. The first-order chi connectivity index (χ1) is 18.6. The molecule has 4 heterocycles. The SMILES string of the molecule is Cc1ccc2[nH]c(C34CC5CC6CC(C3)[C@]4(C6)C5)c(-c3nc4c5cccnc5c5ncccc5c4[nH]3)c2c1. The van der Waals surface area contributed by atoms with E-state index in [0.717, 1.165) is 56.4 Å². The minimum atomic E-state index is 0.266. The van der Waals surface area contributed by atoms with E-state index in [1.165, 1.54) is 66.2 Å². The first-order valence-corrected chi connectivity index (χ1v) is 14.3. The van der Waals surface area contributed by atoms with Gasteiger partial charge in [0.15, 0.2) is 0 Å². The summed E-state index contributed by atoms with van der Waals surface area (Å²) in [6, 6.07) is 15.2. The number of aromatic nitrogens is 5. The molecule has 4 aliphatic rings. The van der Waals surface area contributed by atoms with Gasteiger partial charge in [-0.1, -0.05) is 11.6 Å². The molecule has 2 aromatic carbocycles. The number of benzene rings is 2. The topological polar surface area (TPSA) is 70.2 Å². The van der Waals surface area contributed by atoms with E-state index < -0.39 is 0 Å². The molecule has 4 fully saturated rings. The summed E-state index contributed by atoms with van der Waals surface area (Å²) >= 11 is 0. The molecule has 4 saturated carbocycles. The number of hydrogen-bond acceptors (Lipinski definition) is 3. The van der Waals surface area contributed by atoms with E-state index in [1.807, 2.05) is 24.5 Å². The average molecular weight is 496 g/mol. The van der Waals surface area contributed by atoms with Crippen molar-refractivity contribution in [1.29, 1.82) is 0 Å². The van der Waals surface area contributed by atoms with E-state index in [4.69, 9.17) is 15.0 Å². The third-order valence-electron chi connectivity index (χ3n) is 11.3.